The number of nitrogen functional groups attached to an aromatic ring is 1. The van der Waals surface area contributed by atoms with Crippen LogP contribution in [0.4, 0.5) is 19.0 Å². The molecule has 74 valence electrons. The second-order valence-corrected chi connectivity index (χ2v) is 2.68. The van der Waals surface area contributed by atoms with Gasteiger partial charge in [-0.05, 0) is 6.07 Å². The molecule has 2 heterocycles. The van der Waals surface area contributed by atoms with Crippen molar-refractivity contribution < 1.29 is 13.2 Å². The van der Waals surface area contributed by atoms with E-state index < -0.39 is 11.9 Å². The van der Waals surface area contributed by atoms with Gasteiger partial charge in [0.25, 0.3) is 0 Å². The van der Waals surface area contributed by atoms with Gasteiger partial charge in [0.1, 0.15) is 11.5 Å². The molecule has 0 aliphatic carbocycles. The van der Waals surface area contributed by atoms with E-state index in [4.69, 9.17) is 5.73 Å². The number of anilines is 1. The monoisotopic (exact) mass is 202 g/mol. The van der Waals surface area contributed by atoms with Crippen LogP contribution in [0.1, 0.15) is 5.69 Å². The van der Waals surface area contributed by atoms with Gasteiger partial charge in [0, 0.05) is 12.3 Å². The second kappa shape index (κ2) is 2.60. The van der Waals surface area contributed by atoms with Crippen molar-refractivity contribution in [1.29, 1.82) is 0 Å². The highest BCUT2D eigenvalue weighted by Crippen LogP contribution is 2.27. The minimum atomic E-state index is -4.44. The lowest BCUT2D eigenvalue weighted by Crippen LogP contribution is -2.08. The Labute approximate surface area is 76.2 Å². The smallest absolute Gasteiger partial charge is 0.382 e. The lowest BCUT2D eigenvalue weighted by Gasteiger charge is -2.04. The van der Waals surface area contributed by atoms with Crippen LogP contribution in [0.15, 0.2) is 18.3 Å². The summed E-state index contributed by atoms with van der Waals surface area (Å²) in [7, 11) is 0. The lowest BCUT2D eigenvalue weighted by molar-refractivity contribution is -0.141. The summed E-state index contributed by atoms with van der Waals surface area (Å²) in [5.74, 6) is 0.136. The van der Waals surface area contributed by atoms with Crippen LogP contribution in [0.5, 0.6) is 0 Å². The van der Waals surface area contributed by atoms with Gasteiger partial charge in [-0.1, -0.05) is 0 Å². The third-order valence-electron chi connectivity index (χ3n) is 1.63. The van der Waals surface area contributed by atoms with E-state index in [-0.39, 0.29) is 11.5 Å². The zero-order valence-electron chi connectivity index (χ0n) is 6.78. The SMILES string of the molecule is Nc1cc2nc(C(F)(F)F)ccn2n1. The highest BCUT2D eigenvalue weighted by atomic mass is 19.4. The molecule has 2 rings (SSSR count). The van der Waals surface area contributed by atoms with Crippen molar-refractivity contribution in [1.82, 2.24) is 14.6 Å². The molecule has 4 nitrogen and oxygen atoms in total. The Bertz CT molecular complexity index is 473. The molecule has 2 aromatic rings. The molecule has 0 aliphatic heterocycles. The van der Waals surface area contributed by atoms with E-state index in [1.165, 1.54) is 16.8 Å². The van der Waals surface area contributed by atoms with Gasteiger partial charge in [0.05, 0.1) is 0 Å². The first-order chi connectivity index (χ1) is 6.47. The number of fused-ring (bicyclic) bond motifs is 1. The summed E-state index contributed by atoms with van der Waals surface area (Å²) in [5.41, 5.74) is 4.42. The van der Waals surface area contributed by atoms with Crippen molar-refractivity contribution in [3.05, 3.63) is 24.0 Å². The number of nitrogens with zero attached hydrogens (tertiary/aromatic N) is 3. The van der Waals surface area contributed by atoms with Crippen LogP contribution < -0.4 is 5.73 Å². The van der Waals surface area contributed by atoms with Gasteiger partial charge in [-0.3, -0.25) is 0 Å². The average molecular weight is 202 g/mol. The Kier molecular flexibility index (Phi) is 1.63. The van der Waals surface area contributed by atoms with Crippen LogP contribution in [-0.4, -0.2) is 14.6 Å². The summed E-state index contributed by atoms with van der Waals surface area (Å²) in [4.78, 5) is 3.36. The van der Waals surface area contributed by atoms with E-state index in [2.05, 4.69) is 10.1 Å². The molecule has 0 bridgehead atoms. The lowest BCUT2D eigenvalue weighted by atomic mass is 10.4. The molecule has 0 aromatic carbocycles. The molecule has 0 atom stereocenters. The third-order valence-corrected chi connectivity index (χ3v) is 1.63. The number of alkyl halides is 3. The number of hydrogen-bond acceptors (Lipinski definition) is 3. The Balaban J connectivity index is 2.62. The van der Waals surface area contributed by atoms with Crippen molar-refractivity contribution >= 4 is 11.5 Å². The normalized spacial score (nSPS) is 12.2. The van der Waals surface area contributed by atoms with Crippen molar-refractivity contribution in [3.63, 3.8) is 0 Å². The summed E-state index contributed by atoms with van der Waals surface area (Å²) >= 11 is 0. The average Bonchev–Trinajstić information content (AvgIpc) is 2.41. The molecule has 0 saturated carbocycles. The first-order valence-electron chi connectivity index (χ1n) is 3.66. The molecule has 0 aliphatic rings. The van der Waals surface area contributed by atoms with E-state index in [9.17, 15) is 13.2 Å². The molecule has 7 heteroatoms. The van der Waals surface area contributed by atoms with Gasteiger partial charge in [-0.25, -0.2) is 9.50 Å². The predicted molar refractivity (Wildman–Crippen MR) is 42.4 cm³/mol. The highest BCUT2D eigenvalue weighted by molar-refractivity contribution is 5.48. The van der Waals surface area contributed by atoms with Gasteiger partial charge in [0.15, 0.2) is 5.65 Å². The van der Waals surface area contributed by atoms with Crippen LogP contribution in [0.25, 0.3) is 5.65 Å². The Morgan fingerprint density at radius 2 is 2.07 bits per heavy atom. The quantitative estimate of drug-likeness (QED) is 0.701. The van der Waals surface area contributed by atoms with Crippen LogP contribution in [0, 0.1) is 0 Å². The molecule has 0 amide bonds. The van der Waals surface area contributed by atoms with Crippen LogP contribution in [0.2, 0.25) is 0 Å². The number of nitrogens with two attached hydrogens (primary N) is 1. The van der Waals surface area contributed by atoms with Crippen LogP contribution >= 0.6 is 0 Å². The van der Waals surface area contributed by atoms with Gasteiger partial charge in [0.2, 0.25) is 0 Å². The minimum absolute atomic E-state index is 0.0809. The number of aromatic nitrogens is 3. The highest BCUT2D eigenvalue weighted by Gasteiger charge is 2.32. The van der Waals surface area contributed by atoms with Gasteiger partial charge in [-0.15, -0.1) is 5.10 Å². The van der Waals surface area contributed by atoms with Gasteiger partial charge >= 0.3 is 6.18 Å². The topological polar surface area (TPSA) is 56.2 Å². The van der Waals surface area contributed by atoms with E-state index >= 15 is 0 Å². The van der Waals surface area contributed by atoms with E-state index in [1.54, 1.807) is 0 Å². The number of hydrogen-bond donors (Lipinski definition) is 1. The fourth-order valence-corrected chi connectivity index (χ4v) is 1.06. The molecule has 14 heavy (non-hydrogen) atoms. The summed E-state index contributed by atoms with van der Waals surface area (Å²) in [6.07, 6.45) is -3.28. The number of halogens is 3. The van der Waals surface area contributed by atoms with Crippen molar-refractivity contribution in [2.24, 2.45) is 0 Å². The molecule has 0 spiro atoms. The summed E-state index contributed by atoms with van der Waals surface area (Å²) < 4.78 is 37.8. The Hall–Kier alpha value is -1.79. The van der Waals surface area contributed by atoms with Crippen LogP contribution in [0.3, 0.4) is 0 Å². The molecule has 0 fully saturated rings. The first-order valence-corrected chi connectivity index (χ1v) is 3.66. The van der Waals surface area contributed by atoms with Crippen molar-refractivity contribution in [3.8, 4) is 0 Å². The second-order valence-electron chi connectivity index (χ2n) is 2.68. The maximum absolute atomic E-state index is 12.2. The van der Waals surface area contributed by atoms with Gasteiger partial charge in [-0.2, -0.15) is 13.2 Å². The van der Waals surface area contributed by atoms with E-state index in [0.29, 0.717) is 0 Å². The van der Waals surface area contributed by atoms with Crippen molar-refractivity contribution in [2.75, 3.05) is 5.73 Å². The Morgan fingerprint density at radius 1 is 1.36 bits per heavy atom. The molecule has 2 aromatic heterocycles. The van der Waals surface area contributed by atoms with Gasteiger partial charge < -0.3 is 5.73 Å². The molecular formula is C7H5F3N4. The Morgan fingerprint density at radius 3 is 2.71 bits per heavy atom. The van der Waals surface area contributed by atoms with E-state index in [0.717, 1.165) is 6.07 Å². The third kappa shape index (κ3) is 1.36. The first kappa shape index (κ1) is 8.79. The zero-order chi connectivity index (χ0) is 10.3. The number of rotatable bonds is 0. The summed E-state index contributed by atoms with van der Waals surface area (Å²) in [6, 6.07) is 2.12. The minimum Gasteiger partial charge on any atom is -0.382 e. The fourth-order valence-electron chi connectivity index (χ4n) is 1.06. The molecule has 0 radical (unpaired) electrons. The molecular weight excluding hydrogens is 197 g/mol. The summed E-state index contributed by atoms with van der Waals surface area (Å²) in [5, 5.41) is 3.70. The van der Waals surface area contributed by atoms with Crippen LogP contribution in [-0.2, 0) is 6.18 Å². The molecule has 2 N–H and O–H groups in total. The molecule has 0 unspecified atom stereocenters. The zero-order valence-corrected chi connectivity index (χ0v) is 6.78. The fraction of sp³-hybridized carbons (Fsp3) is 0.143. The standard InChI is InChI=1S/C7H5F3N4/c8-7(9,10)4-1-2-14-6(12-4)3-5(11)13-14/h1-3H,(H2,11,13). The molecule has 0 saturated heterocycles. The summed E-state index contributed by atoms with van der Waals surface area (Å²) in [6.45, 7) is 0. The maximum Gasteiger partial charge on any atom is 0.433 e. The van der Waals surface area contributed by atoms with E-state index in [1.807, 2.05) is 0 Å². The van der Waals surface area contributed by atoms with Crippen molar-refractivity contribution in [2.45, 2.75) is 6.18 Å². The maximum atomic E-state index is 12.2. The predicted octanol–water partition coefficient (Wildman–Crippen LogP) is 1.33. The largest absolute Gasteiger partial charge is 0.433 e.